The summed E-state index contributed by atoms with van der Waals surface area (Å²) in [6.45, 7) is 0. The van der Waals surface area contributed by atoms with Crippen LogP contribution in [0.3, 0.4) is 0 Å². The number of allylic oxidation sites excluding steroid dienone is 4. The van der Waals surface area contributed by atoms with Crippen molar-refractivity contribution < 1.29 is 9.90 Å². The highest BCUT2D eigenvalue weighted by Crippen LogP contribution is 2.47. The molecule has 0 saturated heterocycles. The van der Waals surface area contributed by atoms with Gasteiger partial charge in [-0.3, -0.25) is 4.79 Å². The third-order valence-corrected chi connectivity index (χ3v) is 3.90. The molecular weight excluding hydrogens is 238 g/mol. The number of amides is 1. The van der Waals surface area contributed by atoms with Crippen LogP contribution in [0.15, 0.2) is 48.6 Å². The molecule has 1 aromatic carbocycles. The van der Waals surface area contributed by atoms with Crippen LogP contribution in [0.25, 0.3) is 0 Å². The summed E-state index contributed by atoms with van der Waals surface area (Å²) in [6.07, 6.45) is 10.4. The molecule has 1 fully saturated rings. The standard InChI is InChI=1S/C16H17NO2/c18-15-9-5-4-8-14(15)17-16(19)13-10-12(13)11-6-2-1-3-7-11/h1-6,8-9,11-13,18H,7,10H2,(H,17,19)/t11?,12-,13+/m0/s1. The van der Waals surface area contributed by atoms with E-state index in [1.54, 1.807) is 24.3 Å². The lowest BCUT2D eigenvalue weighted by atomic mass is 9.94. The van der Waals surface area contributed by atoms with E-state index in [9.17, 15) is 9.90 Å². The normalized spacial score (nSPS) is 28.1. The molecule has 3 atom stereocenters. The molecule has 98 valence electrons. The van der Waals surface area contributed by atoms with E-state index in [2.05, 4.69) is 29.6 Å². The van der Waals surface area contributed by atoms with Crippen LogP contribution in [0.5, 0.6) is 5.75 Å². The summed E-state index contributed by atoms with van der Waals surface area (Å²) in [5, 5.41) is 12.5. The number of nitrogens with one attached hydrogen (secondary N) is 1. The van der Waals surface area contributed by atoms with Gasteiger partial charge in [-0.15, -0.1) is 0 Å². The first-order valence-electron chi connectivity index (χ1n) is 6.68. The molecule has 2 N–H and O–H groups in total. The predicted octanol–water partition coefficient (Wildman–Crippen LogP) is 3.10. The predicted molar refractivity (Wildman–Crippen MR) is 74.7 cm³/mol. The third-order valence-electron chi connectivity index (χ3n) is 3.90. The minimum atomic E-state index is 0.0226. The minimum Gasteiger partial charge on any atom is -0.506 e. The van der Waals surface area contributed by atoms with Gasteiger partial charge in [-0.05, 0) is 36.8 Å². The van der Waals surface area contributed by atoms with Crippen molar-refractivity contribution in [3.8, 4) is 5.75 Å². The number of aromatic hydroxyl groups is 1. The zero-order chi connectivity index (χ0) is 13.2. The smallest absolute Gasteiger partial charge is 0.227 e. The molecule has 0 radical (unpaired) electrons. The number of anilines is 1. The summed E-state index contributed by atoms with van der Waals surface area (Å²) in [5.74, 6) is 1.17. The van der Waals surface area contributed by atoms with Crippen molar-refractivity contribution in [2.75, 3.05) is 5.32 Å². The van der Waals surface area contributed by atoms with Gasteiger partial charge in [0.15, 0.2) is 0 Å². The zero-order valence-electron chi connectivity index (χ0n) is 10.6. The zero-order valence-corrected chi connectivity index (χ0v) is 10.6. The van der Waals surface area contributed by atoms with Gasteiger partial charge >= 0.3 is 0 Å². The van der Waals surface area contributed by atoms with Crippen molar-refractivity contribution in [3.63, 3.8) is 0 Å². The Morgan fingerprint density at radius 1 is 1.26 bits per heavy atom. The first-order chi connectivity index (χ1) is 9.25. The molecule has 3 heteroatoms. The lowest BCUT2D eigenvalue weighted by Gasteiger charge is -2.12. The van der Waals surface area contributed by atoms with Gasteiger partial charge in [-0.2, -0.15) is 0 Å². The average Bonchev–Trinajstić information content (AvgIpc) is 3.23. The first-order valence-corrected chi connectivity index (χ1v) is 6.68. The van der Waals surface area contributed by atoms with Gasteiger partial charge in [-0.25, -0.2) is 0 Å². The summed E-state index contributed by atoms with van der Waals surface area (Å²) in [4.78, 5) is 12.1. The monoisotopic (exact) mass is 255 g/mol. The number of phenolic OH excluding ortho intramolecular Hbond substituents is 1. The molecule has 3 nitrogen and oxygen atoms in total. The molecule has 0 aromatic heterocycles. The van der Waals surface area contributed by atoms with Crippen molar-refractivity contribution >= 4 is 11.6 Å². The van der Waals surface area contributed by atoms with E-state index in [1.807, 2.05) is 0 Å². The highest BCUT2D eigenvalue weighted by atomic mass is 16.3. The quantitative estimate of drug-likeness (QED) is 0.815. The molecule has 2 aliphatic carbocycles. The second-order valence-electron chi connectivity index (χ2n) is 5.23. The molecule has 3 rings (SSSR count). The summed E-state index contributed by atoms with van der Waals surface area (Å²) in [7, 11) is 0. The Labute approximate surface area is 112 Å². The van der Waals surface area contributed by atoms with Crippen LogP contribution in [0.4, 0.5) is 5.69 Å². The second-order valence-corrected chi connectivity index (χ2v) is 5.23. The lowest BCUT2D eigenvalue weighted by molar-refractivity contribution is -0.117. The van der Waals surface area contributed by atoms with Crippen LogP contribution in [0.1, 0.15) is 12.8 Å². The third kappa shape index (κ3) is 2.55. The van der Waals surface area contributed by atoms with Crippen LogP contribution < -0.4 is 5.32 Å². The fourth-order valence-electron chi connectivity index (χ4n) is 2.71. The van der Waals surface area contributed by atoms with Crippen molar-refractivity contribution in [2.45, 2.75) is 12.8 Å². The molecule has 0 aliphatic heterocycles. The Bertz CT molecular complexity index is 547. The van der Waals surface area contributed by atoms with Crippen molar-refractivity contribution in [3.05, 3.63) is 48.6 Å². The number of rotatable bonds is 3. The SMILES string of the molecule is O=C(Nc1ccccc1O)[C@@H]1C[C@H]1C1C=CC=CC1. The number of phenols is 1. The van der Waals surface area contributed by atoms with Crippen molar-refractivity contribution in [1.82, 2.24) is 0 Å². The van der Waals surface area contributed by atoms with E-state index in [0.29, 0.717) is 17.5 Å². The van der Waals surface area contributed by atoms with Crippen LogP contribution in [0.2, 0.25) is 0 Å². The molecule has 2 aliphatic rings. The maximum Gasteiger partial charge on any atom is 0.227 e. The summed E-state index contributed by atoms with van der Waals surface area (Å²) in [6, 6.07) is 6.83. The van der Waals surface area contributed by atoms with Gasteiger partial charge in [0.25, 0.3) is 0 Å². The topological polar surface area (TPSA) is 49.3 Å². The lowest BCUT2D eigenvalue weighted by Crippen LogP contribution is -2.16. The molecular formula is C16H17NO2. The Kier molecular flexibility index (Phi) is 3.11. The average molecular weight is 255 g/mol. The second kappa shape index (κ2) is 4.92. The van der Waals surface area contributed by atoms with Gasteiger partial charge in [0.2, 0.25) is 5.91 Å². The number of hydrogen-bond acceptors (Lipinski definition) is 2. The summed E-state index contributed by atoms with van der Waals surface area (Å²) in [5.41, 5.74) is 0.497. The summed E-state index contributed by atoms with van der Waals surface area (Å²) < 4.78 is 0. The number of carbonyl (C=O) groups excluding carboxylic acids is 1. The van der Waals surface area contributed by atoms with Crippen LogP contribution in [-0.4, -0.2) is 11.0 Å². The van der Waals surface area contributed by atoms with E-state index in [1.165, 1.54) is 0 Å². The Morgan fingerprint density at radius 3 is 2.84 bits per heavy atom. The molecule has 0 spiro atoms. The number of para-hydroxylation sites is 2. The fourth-order valence-corrected chi connectivity index (χ4v) is 2.71. The molecule has 1 saturated carbocycles. The van der Waals surface area contributed by atoms with E-state index >= 15 is 0 Å². The molecule has 1 unspecified atom stereocenters. The van der Waals surface area contributed by atoms with Crippen molar-refractivity contribution in [2.24, 2.45) is 17.8 Å². The van der Waals surface area contributed by atoms with Gasteiger partial charge in [0.1, 0.15) is 5.75 Å². The fraction of sp³-hybridized carbons (Fsp3) is 0.312. The number of carbonyl (C=O) groups is 1. The van der Waals surface area contributed by atoms with Gasteiger partial charge in [0, 0.05) is 5.92 Å². The van der Waals surface area contributed by atoms with E-state index < -0.39 is 0 Å². The largest absolute Gasteiger partial charge is 0.506 e. The molecule has 19 heavy (non-hydrogen) atoms. The van der Waals surface area contributed by atoms with E-state index in [4.69, 9.17) is 0 Å². The van der Waals surface area contributed by atoms with Gasteiger partial charge in [0.05, 0.1) is 5.69 Å². The van der Waals surface area contributed by atoms with Gasteiger partial charge < -0.3 is 10.4 Å². The molecule has 0 heterocycles. The Hall–Kier alpha value is -2.03. The molecule has 1 amide bonds. The Balaban J connectivity index is 1.60. The summed E-state index contributed by atoms with van der Waals surface area (Å²) >= 11 is 0. The van der Waals surface area contributed by atoms with Crippen LogP contribution in [-0.2, 0) is 4.79 Å². The van der Waals surface area contributed by atoms with Crippen LogP contribution >= 0.6 is 0 Å². The highest BCUT2D eigenvalue weighted by Gasteiger charge is 2.46. The first kappa shape index (κ1) is 12.0. The van der Waals surface area contributed by atoms with E-state index in [0.717, 1.165) is 12.8 Å². The van der Waals surface area contributed by atoms with Crippen LogP contribution in [0, 0.1) is 17.8 Å². The maximum absolute atomic E-state index is 12.1. The van der Waals surface area contributed by atoms with Crippen molar-refractivity contribution in [1.29, 1.82) is 0 Å². The number of hydrogen-bond donors (Lipinski definition) is 2. The molecule has 0 bridgehead atoms. The van der Waals surface area contributed by atoms with Gasteiger partial charge in [-0.1, -0.05) is 36.4 Å². The molecule has 1 aromatic rings. The minimum absolute atomic E-state index is 0.0226. The maximum atomic E-state index is 12.1. The number of benzene rings is 1. The Morgan fingerprint density at radius 2 is 2.11 bits per heavy atom. The highest BCUT2D eigenvalue weighted by molar-refractivity contribution is 5.95. The van der Waals surface area contributed by atoms with E-state index in [-0.39, 0.29) is 17.6 Å².